The number of hydrogen-bond donors (Lipinski definition) is 0. The summed E-state index contributed by atoms with van der Waals surface area (Å²) in [4.78, 5) is 0. The summed E-state index contributed by atoms with van der Waals surface area (Å²) >= 11 is 0. The van der Waals surface area contributed by atoms with Crippen LogP contribution in [-0.4, -0.2) is 0 Å². The monoisotopic (exact) mass is 759 g/mol. The van der Waals surface area contributed by atoms with Gasteiger partial charge >= 0.3 is 0 Å². The van der Waals surface area contributed by atoms with Gasteiger partial charge in [-0.25, -0.2) is 0 Å². The average molecular weight is 759 g/mol. The van der Waals surface area contributed by atoms with Crippen molar-refractivity contribution >= 4 is 0 Å². The highest BCUT2D eigenvalue weighted by molar-refractivity contribution is 4.61. The Balaban J connectivity index is 3.30. The van der Waals surface area contributed by atoms with Crippen LogP contribution in [0.15, 0.2) is 0 Å². The minimum absolute atomic E-state index is 1.03. The Hall–Kier alpha value is 0. The molecule has 0 aliphatic rings. The van der Waals surface area contributed by atoms with Gasteiger partial charge < -0.3 is 0 Å². The molecule has 0 spiro atoms. The van der Waals surface area contributed by atoms with Crippen molar-refractivity contribution in [2.45, 2.75) is 342 Å². The van der Waals surface area contributed by atoms with E-state index in [1.54, 1.807) is 0 Å². The van der Waals surface area contributed by atoms with Crippen LogP contribution in [0, 0.1) is 5.92 Å². The smallest absolute Gasteiger partial charge is 0.0414 e. The molecule has 54 heavy (non-hydrogen) atoms. The molecule has 0 N–H and O–H groups in total. The van der Waals surface area contributed by atoms with Gasteiger partial charge in [0.2, 0.25) is 0 Å². The highest BCUT2D eigenvalue weighted by Crippen LogP contribution is 2.24. The van der Waals surface area contributed by atoms with Crippen LogP contribution < -0.4 is 0 Å². The molecule has 0 nitrogen and oxygen atoms in total. The molecule has 0 aliphatic heterocycles. The van der Waals surface area contributed by atoms with Crippen molar-refractivity contribution in [3.63, 3.8) is 0 Å². The van der Waals surface area contributed by atoms with Crippen LogP contribution >= 0.6 is 0 Å². The summed E-state index contributed by atoms with van der Waals surface area (Å²) in [5.41, 5.74) is 0. The fraction of sp³-hybridized carbons (Fsp3) is 1.00. The second kappa shape index (κ2) is 51.0. The summed E-state index contributed by atoms with van der Waals surface area (Å²) in [6.45, 7) is 7.04. The van der Waals surface area contributed by atoms with E-state index in [0.717, 1.165) is 5.92 Å². The second-order valence-corrected chi connectivity index (χ2v) is 18.8. The average Bonchev–Trinajstić information content (AvgIpc) is 3.18. The van der Waals surface area contributed by atoms with Gasteiger partial charge in [0.15, 0.2) is 0 Å². The lowest BCUT2D eigenvalue weighted by Crippen LogP contribution is -2.00. The molecule has 0 heterocycles. The number of unbranched alkanes of at least 4 members (excludes halogenated alkanes) is 44. The Morgan fingerprint density at radius 3 is 0.444 bits per heavy atom. The predicted octanol–water partition coefficient (Wildman–Crippen LogP) is 21.2. The lowest BCUT2D eigenvalue weighted by molar-refractivity contribution is 0.376. The van der Waals surface area contributed by atoms with Crippen molar-refractivity contribution in [1.82, 2.24) is 0 Å². The van der Waals surface area contributed by atoms with Gasteiger partial charge in [0, 0.05) is 0 Å². The van der Waals surface area contributed by atoms with Gasteiger partial charge in [0.1, 0.15) is 0 Å². The first-order chi connectivity index (χ1) is 26.8. The lowest BCUT2D eigenvalue weighted by Gasteiger charge is -2.16. The van der Waals surface area contributed by atoms with Crippen molar-refractivity contribution in [3.05, 3.63) is 0 Å². The van der Waals surface area contributed by atoms with Crippen molar-refractivity contribution in [2.24, 2.45) is 5.92 Å². The third-order valence-corrected chi connectivity index (χ3v) is 13.1. The van der Waals surface area contributed by atoms with Gasteiger partial charge in [0.25, 0.3) is 0 Å². The first-order valence-corrected chi connectivity index (χ1v) is 26.8. The zero-order chi connectivity index (χ0) is 38.9. The van der Waals surface area contributed by atoms with Crippen LogP contribution in [0.2, 0.25) is 0 Å². The Bertz CT molecular complexity index is 607. The molecule has 326 valence electrons. The van der Waals surface area contributed by atoms with Gasteiger partial charge in [-0.2, -0.15) is 0 Å². The van der Waals surface area contributed by atoms with Gasteiger partial charge in [-0.15, -0.1) is 0 Å². The van der Waals surface area contributed by atoms with Crippen molar-refractivity contribution in [3.8, 4) is 0 Å². The highest BCUT2D eigenvalue weighted by Gasteiger charge is 2.08. The summed E-state index contributed by atoms with van der Waals surface area (Å²) in [6.07, 6.45) is 74.3. The van der Waals surface area contributed by atoms with Gasteiger partial charge in [-0.1, -0.05) is 342 Å². The highest BCUT2D eigenvalue weighted by atomic mass is 14.1. The van der Waals surface area contributed by atoms with E-state index in [-0.39, 0.29) is 0 Å². The van der Waals surface area contributed by atoms with Crippen LogP contribution in [0.1, 0.15) is 342 Å². The SMILES string of the molecule is CCCCCCCCCCCCCCCCCCCCCCCCCCC(CCC)CCCCCCCCCCCCCCCCCCCCCCCC. The standard InChI is InChI=1S/C54H110/c1-4-7-9-11-13-15-17-19-21-23-25-27-29-30-32-34-36-38-40-42-44-46-48-50-53-54(51-6-3)52-49-47-45-43-41-39-37-35-33-31-28-26-24-22-20-18-16-14-12-10-8-5-2/h54H,4-53H2,1-3H3. The maximum Gasteiger partial charge on any atom is -0.0414 e. The topological polar surface area (TPSA) is 0 Å². The molecule has 0 fully saturated rings. The van der Waals surface area contributed by atoms with Crippen LogP contribution in [0.3, 0.4) is 0 Å². The largest absolute Gasteiger partial charge is 0.0654 e. The fourth-order valence-electron chi connectivity index (χ4n) is 9.28. The molecule has 0 aromatic carbocycles. The lowest BCUT2D eigenvalue weighted by atomic mass is 9.90. The predicted molar refractivity (Wildman–Crippen MR) is 251 cm³/mol. The van der Waals surface area contributed by atoms with E-state index in [2.05, 4.69) is 20.8 Å². The van der Waals surface area contributed by atoms with Crippen LogP contribution in [0.25, 0.3) is 0 Å². The minimum Gasteiger partial charge on any atom is -0.0654 e. The molecular weight excluding hydrogens is 649 g/mol. The molecule has 0 saturated carbocycles. The van der Waals surface area contributed by atoms with Crippen LogP contribution in [0.4, 0.5) is 0 Å². The zero-order valence-corrected chi connectivity index (χ0v) is 38.9. The quantitative estimate of drug-likeness (QED) is 0.0542. The number of rotatable bonds is 50. The molecule has 0 amide bonds. The summed E-state index contributed by atoms with van der Waals surface area (Å²) in [5, 5.41) is 0. The molecule has 0 bridgehead atoms. The molecule has 0 aliphatic carbocycles. The van der Waals surface area contributed by atoms with E-state index in [9.17, 15) is 0 Å². The molecule has 0 aromatic heterocycles. The molecule has 0 heteroatoms. The van der Waals surface area contributed by atoms with Crippen molar-refractivity contribution in [2.75, 3.05) is 0 Å². The second-order valence-electron chi connectivity index (χ2n) is 18.8. The molecule has 1 atom stereocenters. The Labute approximate surface area is 346 Å². The van der Waals surface area contributed by atoms with Crippen LogP contribution in [-0.2, 0) is 0 Å². The van der Waals surface area contributed by atoms with E-state index in [0.29, 0.717) is 0 Å². The van der Waals surface area contributed by atoms with E-state index in [4.69, 9.17) is 0 Å². The summed E-state index contributed by atoms with van der Waals surface area (Å²) in [5.74, 6) is 1.03. The first kappa shape index (κ1) is 54.0. The van der Waals surface area contributed by atoms with Crippen molar-refractivity contribution < 1.29 is 0 Å². The third kappa shape index (κ3) is 48.1. The molecule has 0 radical (unpaired) electrons. The Morgan fingerprint density at radius 2 is 0.296 bits per heavy atom. The fourth-order valence-corrected chi connectivity index (χ4v) is 9.28. The summed E-state index contributed by atoms with van der Waals surface area (Å²) in [6, 6.07) is 0. The van der Waals surface area contributed by atoms with E-state index in [1.165, 1.54) is 321 Å². The zero-order valence-electron chi connectivity index (χ0n) is 38.9. The Morgan fingerprint density at radius 1 is 0.148 bits per heavy atom. The maximum atomic E-state index is 2.41. The minimum atomic E-state index is 1.03. The molecule has 0 rings (SSSR count). The summed E-state index contributed by atoms with van der Waals surface area (Å²) < 4.78 is 0. The van der Waals surface area contributed by atoms with E-state index in [1.807, 2.05) is 0 Å². The first-order valence-electron chi connectivity index (χ1n) is 26.8. The molecular formula is C54H110. The maximum absolute atomic E-state index is 2.41. The molecule has 1 unspecified atom stereocenters. The number of hydrogen-bond acceptors (Lipinski definition) is 0. The van der Waals surface area contributed by atoms with E-state index >= 15 is 0 Å². The van der Waals surface area contributed by atoms with E-state index < -0.39 is 0 Å². The molecule has 0 saturated heterocycles. The normalized spacial score (nSPS) is 12.3. The Kier molecular flexibility index (Phi) is 51.0. The molecule has 0 aromatic rings. The van der Waals surface area contributed by atoms with Crippen LogP contribution in [0.5, 0.6) is 0 Å². The van der Waals surface area contributed by atoms with Gasteiger partial charge in [-0.3, -0.25) is 0 Å². The van der Waals surface area contributed by atoms with Gasteiger partial charge in [-0.05, 0) is 5.92 Å². The third-order valence-electron chi connectivity index (χ3n) is 13.1. The summed E-state index contributed by atoms with van der Waals surface area (Å²) in [7, 11) is 0. The van der Waals surface area contributed by atoms with Gasteiger partial charge in [0.05, 0.1) is 0 Å². The van der Waals surface area contributed by atoms with Crippen molar-refractivity contribution in [1.29, 1.82) is 0 Å².